The first kappa shape index (κ1) is 6.20. The highest BCUT2D eigenvalue weighted by Gasteiger charge is 2.41. The molecule has 2 heteroatoms. The fraction of sp³-hybridized carbons (Fsp3) is 0.875. The van der Waals surface area contributed by atoms with Crippen LogP contribution in [0.2, 0.25) is 0 Å². The van der Waals surface area contributed by atoms with Crippen molar-refractivity contribution in [3.05, 3.63) is 0 Å². The largest absolute Gasteiger partial charge is 0.462 e. The zero-order valence-corrected chi connectivity index (χ0v) is 6.17. The molecule has 0 amide bonds. The van der Waals surface area contributed by atoms with Crippen LogP contribution >= 0.6 is 0 Å². The van der Waals surface area contributed by atoms with E-state index < -0.39 is 0 Å². The van der Waals surface area contributed by atoms with Gasteiger partial charge in [0, 0.05) is 0 Å². The van der Waals surface area contributed by atoms with Gasteiger partial charge < -0.3 is 4.74 Å². The van der Waals surface area contributed by atoms with Crippen LogP contribution in [-0.2, 0) is 9.53 Å². The van der Waals surface area contributed by atoms with E-state index in [4.69, 9.17) is 4.74 Å². The Bertz CT molecular complexity index is 165. The summed E-state index contributed by atoms with van der Waals surface area (Å²) in [5.41, 5.74) is 0. The third kappa shape index (κ3) is 0.746. The van der Waals surface area contributed by atoms with Crippen molar-refractivity contribution in [2.45, 2.75) is 32.3 Å². The lowest BCUT2D eigenvalue weighted by atomic mass is 9.81. The lowest BCUT2D eigenvalue weighted by Gasteiger charge is -2.20. The second-order valence-corrected chi connectivity index (χ2v) is 3.46. The lowest BCUT2D eigenvalue weighted by Crippen LogP contribution is -2.19. The van der Waals surface area contributed by atoms with Crippen molar-refractivity contribution in [2.24, 2.45) is 11.8 Å². The number of hydrogen-bond donors (Lipinski definition) is 0. The van der Waals surface area contributed by atoms with Crippen LogP contribution in [0.4, 0.5) is 0 Å². The molecule has 1 heterocycles. The summed E-state index contributed by atoms with van der Waals surface area (Å²) in [5, 5.41) is 0. The molecule has 56 valence electrons. The molecule has 1 aliphatic carbocycles. The van der Waals surface area contributed by atoms with Crippen LogP contribution in [-0.4, -0.2) is 12.1 Å². The number of hydrogen-bond acceptors (Lipinski definition) is 2. The summed E-state index contributed by atoms with van der Waals surface area (Å²) in [4.78, 5) is 11.0. The molecule has 1 saturated carbocycles. The van der Waals surface area contributed by atoms with E-state index in [0.717, 1.165) is 12.8 Å². The van der Waals surface area contributed by atoms with Gasteiger partial charge in [-0.3, -0.25) is 4.79 Å². The second kappa shape index (κ2) is 1.97. The monoisotopic (exact) mass is 140 g/mol. The van der Waals surface area contributed by atoms with Gasteiger partial charge in [0.05, 0.1) is 5.92 Å². The Morgan fingerprint density at radius 1 is 1.50 bits per heavy atom. The molecular weight excluding hydrogens is 128 g/mol. The Hall–Kier alpha value is -0.530. The highest BCUT2D eigenvalue weighted by molar-refractivity contribution is 5.75. The predicted octanol–water partition coefficient (Wildman–Crippen LogP) is 1.35. The third-order valence-corrected chi connectivity index (χ3v) is 2.73. The smallest absolute Gasteiger partial charge is 0.309 e. The fourth-order valence-corrected chi connectivity index (χ4v) is 1.97. The summed E-state index contributed by atoms with van der Waals surface area (Å²) in [5.74, 6) is 0.847. The lowest BCUT2D eigenvalue weighted by molar-refractivity contribution is -0.143. The van der Waals surface area contributed by atoms with Crippen LogP contribution in [0.1, 0.15) is 26.2 Å². The molecule has 0 unspecified atom stereocenters. The number of ether oxygens (including phenoxy) is 1. The van der Waals surface area contributed by atoms with Gasteiger partial charge in [-0.25, -0.2) is 0 Å². The quantitative estimate of drug-likeness (QED) is 0.475. The minimum absolute atomic E-state index is 0.0509. The molecule has 2 fully saturated rings. The zero-order chi connectivity index (χ0) is 7.14. The molecule has 0 aromatic rings. The number of rotatable bonds is 0. The van der Waals surface area contributed by atoms with Crippen LogP contribution in [0.3, 0.4) is 0 Å². The molecule has 10 heavy (non-hydrogen) atoms. The van der Waals surface area contributed by atoms with Crippen molar-refractivity contribution in [1.82, 2.24) is 0 Å². The molecular formula is C8H12O2. The first-order chi connectivity index (χ1) is 4.77. The normalized spacial score (nSPS) is 45.3. The summed E-state index contributed by atoms with van der Waals surface area (Å²) in [6, 6.07) is 0. The molecule has 2 bridgehead atoms. The first-order valence-corrected chi connectivity index (χ1v) is 3.98. The van der Waals surface area contributed by atoms with Gasteiger partial charge in [0.25, 0.3) is 0 Å². The van der Waals surface area contributed by atoms with Gasteiger partial charge in [0.1, 0.15) is 6.10 Å². The Morgan fingerprint density at radius 3 is 3.00 bits per heavy atom. The summed E-state index contributed by atoms with van der Waals surface area (Å²) >= 11 is 0. The molecule has 1 aliphatic heterocycles. The minimum Gasteiger partial charge on any atom is -0.462 e. The maximum absolute atomic E-state index is 11.0. The summed E-state index contributed by atoms with van der Waals surface area (Å²) < 4.78 is 5.12. The fourth-order valence-electron chi connectivity index (χ4n) is 1.97. The molecule has 0 radical (unpaired) electrons. The first-order valence-electron chi connectivity index (χ1n) is 3.98. The molecule has 2 nitrogen and oxygen atoms in total. The van der Waals surface area contributed by atoms with E-state index in [9.17, 15) is 4.79 Å². The van der Waals surface area contributed by atoms with Crippen LogP contribution in [0.5, 0.6) is 0 Å². The maximum Gasteiger partial charge on any atom is 0.309 e. The number of esters is 1. The average Bonchev–Trinajstić information content (AvgIpc) is 2.21. The molecule has 3 atom stereocenters. The average molecular weight is 140 g/mol. The minimum atomic E-state index is 0.0509. The van der Waals surface area contributed by atoms with Gasteiger partial charge in [-0.2, -0.15) is 0 Å². The standard InChI is InChI=1S/C8H12O2/c1-5-2-3-6-4-7(5)8(9)10-6/h5-7H,2-4H2,1H3/t5-,6-,7-/m0/s1. The van der Waals surface area contributed by atoms with Crippen LogP contribution in [0, 0.1) is 11.8 Å². The maximum atomic E-state index is 11.0. The molecule has 0 aromatic heterocycles. The van der Waals surface area contributed by atoms with Gasteiger partial charge >= 0.3 is 5.97 Å². The van der Waals surface area contributed by atoms with Crippen LogP contribution in [0.15, 0.2) is 0 Å². The summed E-state index contributed by atoms with van der Waals surface area (Å²) in [7, 11) is 0. The van der Waals surface area contributed by atoms with Gasteiger partial charge in [0.15, 0.2) is 0 Å². The highest BCUT2D eigenvalue weighted by Crippen LogP contribution is 2.37. The van der Waals surface area contributed by atoms with Crippen LogP contribution < -0.4 is 0 Å². The van der Waals surface area contributed by atoms with Crippen molar-refractivity contribution in [3.63, 3.8) is 0 Å². The van der Waals surface area contributed by atoms with Crippen LogP contribution in [0.25, 0.3) is 0 Å². The Labute approximate surface area is 60.6 Å². The van der Waals surface area contributed by atoms with Crippen molar-refractivity contribution < 1.29 is 9.53 Å². The molecule has 0 N–H and O–H groups in total. The summed E-state index contributed by atoms with van der Waals surface area (Å²) in [6.45, 7) is 2.15. The molecule has 1 saturated heterocycles. The van der Waals surface area contributed by atoms with Crippen molar-refractivity contribution in [2.75, 3.05) is 0 Å². The number of carbonyl (C=O) groups is 1. The SMILES string of the molecule is C[C@H]1CC[C@H]2C[C@@H]1C(=O)O2. The van der Waals surface area contributed by atoms with Gasteiger partial charge in [-0.1, -0.05) is 6.92 Å². The third-order valence-electron chi connectivity index (χ3n) is 2.73. The molecule has 2 rings (SSSR count). The van der Waals surface area contributed by atoms with E-state index in [1.165, 1.54) is 6.42 Å². The Kier molecular flexibility index (Phi) is 1.22. The van der Waals surface area contributed by atoms with E-state index in [1.807, 2.05) is 0 Å². The van der Waals surface area contributed by atoms with E-state index in [-0.39, 0.29) is 18.0 Å². The van der Waals surface area contributed by atoms with Crippen molar-refractivity contribution in [3.8, 4) is 0 Å². The van der Waals surface area contributed by atoms with E-state index >= 15 is 0 Å². The number of carbonyl (C=O) groups excluding carboxylic acids is 1. The molecule has 0 spiro atoms. The van der Waals surface area contributed by atoms with Crippen molar-refractivity contribution >= 4 is 5.97 Å². The molecule has 0 aromatic carbocycles. The van der Waals surface area contributed by atoms with E-state index in [1.54, 1.807) is 0 Å². The van der Waals surface area contributed by atoms with Crippen molar-refractivity contribution in [1.29, 1.82) is 0 Å². The molecule has 2 aliphatic rings. The Morgan fingerprint density at radius 2 is 2.30 bits per heavy atom. The highest BCUT2D eigenvalue weighted by atomic mass is 16.6. The van der Waals surface area contributed by atoms with Gasteiger partial charge in [-0.05, 0) is 25.2 Å². The Balaban J connectivity index is 2.17. The summed E-state index contributed by atoms with van der Waals surface area (Å²) in [6.07, 6.45) is 3.51. The van der Waals surface area contributed by atoms with E-state index in [2.05, 4.69) is 6.92 Å². The van der Waals surface area contributed by atoms with E-state index in [0.29, 0.717) is 5.92 Å². The second-order valence-electron chi connectivity index (χ2n) is 3.46. The topological polar surface area (TPSA) is 26.3 Å². The predicted molar refractivity (Wildman–Crippen MR) is 36.4 cm³/mol. The van der Waals surface area contributed by atoms with Gasteiger partial charge in [0.2, 0.25) is 0 Å². The van der Waals surface area contributed by atoms with Gasteiger partial charge in [-0.15, -0.1) is 0 Å². The zero-order valence-electron chi connectivity index (χ0n) is 6.17. The number of fused-ring (bicyclic) bond motifs is 2.